The van der Waals surface area contributed by atoms with Crippen LogP contribution in [0.25, 0.3) is 0 Å². The molecular formula is C15H15FS. The third-order valence-electron chi connectivity index (χ3n) is 2.66. The van der Waals surface area contributed by atoms with E-state index in [1.54, 1.807) is 11.8 Å². The van der Waals surface area contributed by atoms with Gasteiger partial charge in [-0.25, -0.2) is 4.39 Å². The molecule has 0 unspecified atom stereocenters. The lowest BCUT2D eigenvalue weighted by Gasteiger charge is -2.24. The van der Waals surface area contributed by atoms with Crippen LogP contribution in [0.4, 0.5) is 4.39 Å². The van der Waals surface area contributed by atoms with Crippen LogP contribution < -0.4 is 0 Å². The summed E-state index contributed by atoms with van der Waals surface area (Å²) in [6.07, 6.45) is 0. The smallest absolute Gasteiger partial charge is 0.123 e. The van der Waals surface area contributed by atoms with E-state index in [-0.39, 0.29) is 10.6 Å². The van der Waals surface area contributed by atoms with Gasteiger partial charge in [0.2, 0.25) is 0 Å². The lowest BCUT2D eigenvalue weighted by molar-refractivity contribution is 0.626. The maximum absolute atomic E-state index is 12.8. The van der Waals surface area contributed by atoms with Gasteiger partial charge in [-0.3, -0.25) is 0 Å². The lowest BCUT2D eigenvalue weighted by atomic mass is 10.0. The van der Waals surface area contributed by atoms with E-state index in [1.165, 1.54) is 17.7 Å². The van der Waals surface area contributed by atoms with Crippen LogP contribution in [0.15, 0.2) is 59.5 Å². The summed E-state index contributed by atoms with van der Waals surface area (Å²) in [5.41, 5.74) is 1.27. The number of rotatable bonds is 3. The van der Waals surface area contributed by atoms with Gasteiger partial charge >= 0.3 is 0 Å². The van der Waals surface area contributed by atoms with Crippen molar-refractivity contribution in [3.8, 4) is 0 Å². The molecule has 2 aromatic carbocycles. The van der Waals surface area contributed by atoms with E-state index < -0.39 is 0 Å². The van der Waals surface area contributed by atoms with Gasteiger partial charge in [-0.2, -0.15) is 0 Å². The van der Waals surface area contributed by atoms with Crippen molar-refractivity contribution in [2.24, 2.45) is 0 Å². The molecular weight excluding hydrogens is 231 g/mol. The van der Waals surface area contributed by atoms with Gasteiger partial charge in [-0.15, -0.1) is 11.8 Å². The second-order valence-electron chi connectivity index (χ2n) is 4.43. The second kappa shape index (κ2) is 4.92. The minimum Gasteiger partial charge on any atom is -0.207 e. The van der Waals surface area contributed by atoms with Gasteiger partial charge < -0.3 is 0 Å². The van der Waals surface area contributed by atoms with Crippen molar-refractivity contribution < 1.29 is 4.39 Å². The Morgan fingerprint density at radius 3 is 2.06 bits per heavy atom. The number of hydrogen-bond donors (Lipinski definition) is 0. The lowest BCUT2D eigenvalue weighted by Crippen LogP contribution is -2.11. The third-order valence-corrected chi connectivity index (χ3v) is 3.91. The standard InChI is InChI=1S/C15H15FS/c1-15(2,12-6-4-3-5-7-12)17-14-10-8-13(16)9-11-14/h3-11H,1-2H3. The van der Waals surface area contributed by atoms with Gasteiger partial charge in [-0.05, 0) is 43.7 Å². The Hall–Kier alpha value is -1.28. The van der Waals surface area contributed by atoms with E-state index >= 15 is 0 Å². The predicted octanol–water partition coefficient (Wildman–Crippen LogP) is 4.85. The van der Waals surface area contributed by atoms with Crippen LogP contribution in [0.3, 0.4) is 0 Å². The van der Waals surface area contributed by atoms with Crippen molar-refractivity contribution in [3.63, 3.8) is 0 Å². The van der Waals surface area contributed by atoms with E-state index in [0.29, 0.717) is 0 Å². The number of benzene rings is 2. The van der Waals surface area contributed by atoms with Gasteiger partial charge in [-0.1, -0.05) is 30.3 Å². The van der Waals surface area contributed by atoms with Gasteiger partial charge in [0.25, 0.3) is 0 Å². The molecule has 0 aliphatic heterocycles. The van der Waals surface area contributed by atoms with Gasteiger partial charge in [0.15, 0.2) is 0 Å². The Bertz CT molecular complexity index is 474. The van der Waals surface area contributed by atoms with E-state index in [0.717, 1.165) is 4.90 Å². The third kappa shape index (κ3) is 3.10. The molecule has 0 aromatic heterocycles. The molecule has 0 bridgehead atoms. The summed E-state index contributed by atoms with van der Waals surface area (Å²) < 4.78 is 12.8. The molecule has 2 rings (SSSR count). The van der Waals surface area contributed by atoms with Crippen LogP contribution in [0, 0.1) is 5.82 Å². The first-order valence-electron chi connectivity index (χ1n) is 5.58. The fourth-order valence-electron chi connectivity index (χ4n) is 1.70. The Labute approximate surface area is 106 Å². The van der Waals surface area contributed by atoms with Crippen molar-refractivity contribution in [1.29, 1.82) is 0 Å². The first-order valence-corrected chi connectivity index (χ1v) is 6.40. The molecule has 0 aliphatic rings. The normalized spacial score (nSPS) is 11.5. The topological polar surface area (TPSA) is 0 Å². The molecule has 0 spiro atoms. The van der Waals surface area contributed by atoms with Crippen LogP contribution in [0.2, 0.25) is 0 Å². The van der Waals surface area contributed by atoms with E-state index in [4.69, 9.17) is 0 Å². The summed E-state index contributed by atoms with van der Waals surface area (Å²) in [5, 5.41) is 0. The van der Waals surface area contributed by atoms with Gasteiger partial charge in [0, 0.05) is 9.64 Å². The molecule has 0 atom stereocenters. The molecule has 0 amide bonds. The summed E-state index contributed by atoms with van der Waals surface area (Å²) in [7, 11) is 0. The SMILES string of the molecule is CC(C)(Sc1ccc(F)cc1)c1ccccc1. The monoisotopic (exact) mass is 246 g/mol. The zero-order chi connectivity index (χ0) is 12.3. The largest absolute Gasteiger partial charge is 0.207 e. The molecule has 17 heavy (non-hydrogen) atoms. The average Bonchev–Trinajstić information content (AvgIpc) is 2.33. The second-order valence-corrected chi connectivity index (χ2v) is 6.13. The summed E-state index contributed by atoms with van der Waals surface area (Å²) >= 11 is 1.74. The first kappa shape index (κ1) is 12.2. The van der Waals surface area contributed by atoms with Crippen LogP contribution in [-0.4, -0.2) is 0 Å². The average molecular weight is 246 g/mol. The van der Waals surface area contributed by atoms with Crippen molar-refractivity contribution in [1.82, 2.24) is 0 Å². The van der Waals surface area contributed by atoms with Crippen LogP contribution in [0.1, 0.15) is 19.4 Å². The fraction of sp³-hybridized carbons (Fsp3) is 0.200. The molecule has 0 N–H and O–H groups in total. The zero-order valence-corrected chi connectivity index (χ0v) is 10.8. The number of halogens is 1. The van der Waals surface area contributed by atoms with E-state index in [9.17, 15) is 4.39 Å². The Morgan fingerprint density at radius 2 is 1.47 bits per heavy atom. The predicted molar refractivity (Wildman–Crippen MR) is 71.7 cm³/mol. The zero-order valence-electron chi connectivity index (χ0n) is 9.98. The van der Waals surface area contributed by atoms with E-state index in [1.807, 2.05) is 30.3 Å². The maximum atomic E-state index is 12.8. The van der Waals surface area contributed by atoms with Crippen molar-refractivity contribution in [2.75, 3.05) is 0 Å². The Morgan fingerprint density at radius 1 is 0.882 bits per heavy atom. The minimum atomic E-state index is -0.188. The molecule has 0 saturated heterocycles. The Balaban J connectivity index is 2.20. The van der Waals surface area contributed by atoms with Gasteiger partial charge in [0.1, 0.15) is 5.82 Å². The van der Waals surface area contributed by atoms with Crippen LogP contribution in [-0.2, 0) is 4.75 Å². The molecule has 0 heterocycles. The van der Waals surface area contributed by atoms with Gasteiger partial charge in [0.05, 0.1) is 0 Å². The highest BCUT2D eigenvalue weighted by Gasteiger charge is 2.21. The number of thioether (sulfide) groups is 1. The fourth-order valence-corrected chi connectivity index (χ4v) is 2.81. The summed E-state index contributed by atoms with van der Waals surface area (Å²) in [4.78, 5) is 1.08. The molecule has 88 valence electrons. The molecule has 2 aromatic rings. The maximum Gasteiger partial charge on any atom is 0.123 e. The quantitative estimate of drug-likeness (QED) is 0.697. The molecule has 0 nitrogen and oxygen atoms in total. The summed E-state index contributed by atoms with van der Waals surface area (Å²) in [6.45, 7) is 4.35. The van der Waals surface area contributed by atoms with Crippen LogP contribution in [0.5, 0.6) is 0 Å². The molecule has 0 aliphatic carbocycles. The van der Waals surface area contributed by atoms with E-state index in [2.05, 4.69) is 26.0 Å². The van der Waals surface area contributed by atoms with Crippen LogP contribution >= 0.6 is 11.8 Å². The molecule has 0 radical (unpaired) electrons. The van der Waals surface area contributed by atoms with Crippen molar-refractivity contribution in [3.05, 3.63) is 66.0 Å². The molecule has 0 saturated carbocycles. The highest BCUT2D eigenvalue weighted by atomic mass is 32.2. The highest BCUT2D eigenvalue weighted by Crippen LogP contribution is 2.40. The van der Waals surface area contributed by atoms with Crippen molar-refractivity contribution in [2.45, 2.75) is 23.5 Å². The summed E-state index contributed by atoms with van der Waals surface area (Å²) in [6, 6.07) is 17.0. The molecule has 0 fully saturated rings. The highest BCUT2D eigenvalue weighted by molar-refractivity contribution is 8.00. The molecule has 2 heteroatoms. The number of hydrogen-bond acceptors (Lipinski definition) is 1. The van der Waals surface area contributed by atoms with Crippen molar-refractivity contribution >= 4 is 11.8 Å². The summed E-state index contributed by atoms with van der Waals surface area (Å²) in [5.74, 6) is -0.188. The minimum absolute atomic E-state index is 0.0148. The Kier molecular flexibility index (Phi) is 3.53. The first-order chi connectivity index (χ1) is 8.08.